The first-order chi connectivity index (χ1) is 19.0. The lowest BCUT2D eigenvalue weighted by Crippen LogP contribution is -2.46. The van der Waals surface area contributed by atoms with Gasteiger partial charge in [0.2, 0.25) is 0 Å². The Hall–Kier alpha value is -4.80. The quantitative estimate of drug-likeness (QED) is 0.330. The normalized spacial score (nSPS) is 18.1. The molecule has 0 spiro atoms. The second-order valence-corrected chi connectivity index (χ2v) is 9.43. The maximum atomic E-state index is 15.2. The Morgan fingerprint density at radius 3 is 2.83 bits per heavy atom. The molecule has 2 N–H and O–H groups in total. The summed E-state index contributed by atoms with van der Waals surface area (Å²) in [5.41, 5.74) is -0.181. The summed E-state index contributed by atoms with van der Waals surface area (Å²) in [6.07, 6.45) is 5.21. The van der Waals surface area contributed by atoms with Gasteiger partial charge in [-0.05, 0) is 25.5 Å². The molecular weight excluding hydrogens is 535 g/mol. The number of aromatic amines is 1. The van der Waals surface area contributed by atoms with Crippen LogP contribution in [0.5, 0.6) is 0 Å². The van der Waals surface area contributed by atoms with Crippen LogP contribution in [0, 0.1) is 23.0 Å². The van der Waals surface area contributed by atoms with Crippen LogP contribution in [-0.2, 0) is 5.54 Å². The maximum absolute atomic E-state index is 15.2. The molecule has 0 radical (unpaired) electrons. The Morgan fingerprint density at radius 2 is 2.08 bits per heavy atom. The number of nitrogens with one attached hydrogen (secondary N) is 2. The molecule has 1 unspecified atom stereocenters. The second kappa shape index (κ2) is 10.1. The SMILES string of the molecule is C[C@@H](NC(=O)c1cc(F)c(N2C=CCC(CC#N)(n3cc(-c4ncnc5[nH]ccc45)cn3)C2)cc1F)C(F)(F)F. The number of nitriles is 1. The minimum atomic E-state index is -4.75. The predicted molar refractivity (Wildman–Crippen MR) is 134 cm³/mol. The summed E-state index contributed by atoms with van der Waals surface area (Å²) < 4.78 is 70.1. The highest BCUT2D eigenvalue weighted by atomic mass is 19.4. The van der Waals surface area contributed by atoms with Crippen LogP contribution in [0.3, 0.4) is 0 Å². The number of carbonyl (C=O) groups is 1. The van der Waals surface area contributed by atoms with E-state index in [9.17, 15) is 27.6 Å². The molecule has 5 rings (SSSR count). The first kappa shape index (κ1) is 26.8. The molecular formula is C26H21F5N8O. The largest absolute Gasteiger partial charge is 0.408 e. The van der Waals surface area contributed by atoms with Crippen molar-refractivity contribution in [3.63, 3.8) is 0 Å². The van der Waals surface area contributed by atoms with Gasteiger partial charge in [-0.1, -0.05) is 6.08 Å². The summed E-state index contributed by atoms with van der Waals surface area (Å²) in [6.45, 7) is 0.703. The van der Waals surface area contributed by atoms with E-state index in [4.69, 9.17) is 0 Å². The first-order valence-corrected chi connectivity index (χ1v) is 12.0. The van der Waals surface area contributed by atoms with Crippen LogP contribution >= 0.6 is 0 Å². The lowest BCUT2D eigenvalue weighted by atomic mass is 9.88. The monoisotopic (exact) mass is 556 g/mol. The van der Waals surface area contributed by atoms with E-state index in [-0.39, 0.29) is 18.7 Å². The van der Waals surface area contributed by atoms with Crippen molar-refractivity contribution in [2.45, 2.75) is 37.5 Å². The molecule has 1 aliphatic heterocycles. The van der Waals surface area contributed by atoms with Crippen molar-refractivity contribution >= 4 is 22.6 Å². The molecule has 14 heteroatoms. The van der Waals surface area contributed by atoms with Gasteiger partial charge in [0.25, 0.3) is 5.91 Å². The highest BCUT2D eigenvalue weighted by Crippen LogP contribution is 2.36. The molecule has 9 nitrogen and oxygen atoms in total. The third kappa shape index (κ3) is 4.86. The zero-order valence-corrected chi connectivity index (χ0v) is 20.9. The molecule has 1 aromatic carbocycles. The smallest absolute Gasteiger partial charge is 0.346 e. The van der Waals surface area contributed by atoms with E-state index in [0.717, 1.165) is 11.5 Å². The molecule has 206 valence electrons. The Labute approximate surface area is 223 Å². The number of carbonyl (C=O) groups excluding carboxylic acids is 1. The van der Waals surface area contributed by atoms with Crippen LogP contribution in [0.1, 0.15) is 30.1 Å². The molecule has 4 heterocycles. The second-order valence-electron chi connectivity index (χ2n) is 9.43. The topological polar surface area (TPSA) is 116 Å². The number of allylic oxidation sites excluding steroid dienone is 1. The van der Waals surface area contributed by atoms with Crippen molar-refractivity contribution in [1.82, 2.24) is 30.0 Å². The third-order valence-corrected chi connectivity index (χ3v) is 6.78. The number of hydrogen-bond donors (Lipinski definition) is 2. The summed E-state index contributed by atoms with van der Waals surface area (Å²) in [6, 6.07) is 3.01. The maximum Gasteiger partial charge on any atom is 0.408 e. The molecule has 40 heavy (non-hydrogen) atoms. The minimum absolute atomic E-state index is 0.00846. The number of halogens is 5. The number of H-pyrrole nitrogens is 1. The number of aromatic nitrogens is 5. The number of anilines is 1. The predicted octanol–water partition coefficient (Wildman–Crippen LogP) is 4.81. The summed E-state index contributed by atoms with van der Waals surface area (Å²) in [5.74, 6) is -3.62. The fourth-order valence-electron chi connectivity index (χ4n) is 4.61. The van der Waals surface area contributed by atoms with Gasteiger partial charge in [0.1, 0.15) is 29.7 Å². The van der Waals surface area contributed by atoms with Gasteiger partial charge in [0.15, 0.2) is 0 Å². The number of hydrogen-bond acceptors (Lipinski definition) is 6. The number of fused-ring (bicyclic) bond motifs is 1. The number of rotatable bonds is 6. The summed E-state index contributed by atoms with van der Waals surface area (Å²) >= 11 is 0. The zero-order valence-electron chi connectivity index (χ0n) is 20.9. The van der Waals surface area contributed by atoms with Crippen molar-refractivity contribution in [2.75, 3.05) is 11.4 Å². The van der Waals surface area contributed by atoms with Gasteiger partial charge in [-0.15, -0.1) is 0 Å². The molecule has 0 bridgehead atoms. The van der Waals surface area contributed by atoms with E-state index in [1.54, 1.807) is 34.7 Å². The average Bonchev–Trinajstić information content (AvgIpc) is 3.60. The number of amides is 1. The first-order valence-electron chi connectivity index (χ1n) is 12.0. The van der Waals surface area contributed by atoms with Crippen LogP contribution in [0.2, 0.25) is 0 Å². The van der Waals surface area contributed by atoms with Gasteiger partial charge >= 0.3 is 6.18 Å². The number of alkyl halides is 3. The van der Waals surface area contributed by atoms with Crippen LogP contribution in [0.15, 0.2) is 55.4 Å². The molecule has 0 saturated heterocycles. The van der Waals surface area contributed by atoms with Crippen LogP contribution < -0.4 is 10.2 Å². The number of nitrogens with zero attached hydrogens (tertiary/aromatic N) is 6. The van der Waals surface area contributed by atoms with Crippen LogP contribution in [-0.4, -0.2) is 49.4 Å². The molecule has 3 aromatic heterocycles. The van der Waals surface area contributed by atoms with Crippen molar-refractivity contribution in [1.29, 1.82) is 5.26 Å². The van der Waals surface area contributed by atoms with E-state index in [2.05, 4.69) is 26.1 Å². The van der Waals surface area contributed by atoms with Gasteiger partial charge in [-0.25, -0.2) is 18.7 Å². The fraction of sp³-hybridized carbons (Fsp3) is 0.269. The summed E-state index contributed by atoms with van der Waals surface area (Å²) in [5, 5.41) is 16.5. The van der Waals surface area contributed by atoms with Crippen molar-refractivity contribution in [3.8, 4) is 17.3 Å². The Balaban J connectivity index is 1.45. The Bertz CT molecular complexity index is 1650. The molecule has 2 atom stereocenters. The molecule has 1 amide bonds. The fourth-order valence-corrected chi connectivity index (χ4v) is 4.61. The van der Waals surface area contributed by atoms with E-state index >= 15 is 4.39 Å². The van der Waals surface area contributed by atoms with Crippen molar-refractivity contribution in [3.05, 3.63) is 72.6 Å². The Kier molecular flexibility index (Phi) is 6.74. The molecule has 1 aliphatic rings. The number of benzene rings is 1. The third-order valence-electron chi connectivity index (χ3n) is 6.78. The summed E-state index contributed by atoms with van der Waals surface area (Å²) in [4.78, 5) is 25.1. The standard InChI is InChI=1S/C26H21F5N8O/c1-15(26(29,30)31)37-24(40)18-9-20(28)21(10-19(18)27)38-8-2-4-25(13-38,5-6-32)39-12-16(11-36-39)22-17-3-7-33-23(17)35-14-34-22/h2-3,7-12,14-15H,4-5,13H2,1H3,(H,37,40)(H,33,34,35)/t15-,25?/m1/s1. The van der Waals surface area contributed by atoms with Gasteiger partial charge < -0.3 is 15.2 Å². The van der Waals surface area contributed by atoms with Gasteiger partial charge in [0, 0.05) is 42.2 Å². The molecule has 0 aliphatic carbocycles. The zero-order chi connectivity index (χ0) is 28.7. The highest BCUT2D eigenvalue weighted by Gasteiger charge is 2.39. The summed E-state index contributed by atoms with van der Waals surface area (Å²) in [7, 11) is 0. The Morgan fingerprint density at radius 1 is 1.27 bits per heavy atom. The van der Waals surface area contributed by atoms with Gasteiger partial charge in [-0.2, -0.15) is 23.5 Å². The van der Waals surface area contributed by atoms with Gasteiger partial charge in [0.05, 0.1) is 41.2 Å². The van der Waals surface area contributed by atoms with E-state index in [1.165, 1.54) is 17.4 Å². The van der Waals surface area contributed by atoms with E-state index in [0.29, 0.717) is 36.3 Å². The van der Waals surface area contributed by atoms with Crippen molar-refractivity contribution < 1.29 is 26.7 Å². The lowest BCUT2D eigenvalue weighted by Gasteiger charge is -2.39. The van der Waals surface area contributed by atoms with Crippen LogP contribution in [0.4, 0.5) is 27.6 Å². The lowest BCUT2D eigenvalue weighted by molar-refractivity contribution is -0.149. The average molecular weight is 556 g/mol. The molecule has 0 fully saturated rings. The van der Waals surface area contributed by atoms with E-state index in [1.807, 2.05) is 6.07 Å². The van der Waals surface area contributed by atoms with Gasteiger partial charge in [-0.3, -0.25) is 9.48 Å². The van der Waals surface area contributed by atoms with Crippen molar-refractivity contribution in [2.24, 2.45) is 0 Å². The molecule has 4 aromatic rings. The molecule has 0 saturated carbocycles. The van der Waals surface area contributed by atoms with Crippen LogP contribution in [0.25, 0.3) is 22.3 Å². The minimum Gasteiger partial charge on any atom is -0.346 e. The van der Waals surface area contributed by atoms with E-state index < -0.39 is 40.9 Å². The highest BCUT2D eigenvalue weighted by molar-refractivity contribution is 5.95.